The lowest BCUT2D eigenvalue weighted by atomic mass is 10.0. The summed E-state index contributed by atoms with van der Waals surface area (Å²) in [6, 6.07) is 0. The summed E-state index contributed by atoms with van der Waals surface area (Å²) in [6.45, 7) is 6.04. The van der Waals surface area contributed by atoms with Gasteiger partial charge >= 0.3 is 0 Å². The molecule has 2 N–H and O–H groups in total. The van der Waals surface area contributed by atoms with Crippen LogP contribution < -0.4 is 5.73 Å². The first-order valence-corrected chi connectivity index (χ1v) is 4.09. The van der Waals surface area contributed by atoms with Crippen LogP contribution in [-0.4, -0.2) is 5.91 Å². The minimum Gasteiger partial charge on any atom is -0.366 e. The second kappa shape index (κ2) is 4.94. The van der Waals surface area contributed by atoms with Gasteiger partial charge in [0.1, 0.15) is 0 Å². The molecule has 0 bridgehead atoms. The van der Waals surface area contributed by atoms with Gasteiger partial charge in [-0.1, -0.05) is 33.3 Å². The minimum absolute atomic E-state index is 0.249. The molecule has 0 radical (unpaired) electrons. The number of amides is 1. The van der Waals surface area contributed by atoms with Crippen LogP contribution in [0.4, 0.5) is 0 Å². The van der Waals surface area contributed by atoms with E-state index >= 15 is 0 Å². The van der Waals surface area contributed by atoms with E-state index in [0.29, 0.717) is 0 Å². The lowest BCUT2D eigenvalue weighted by Gasteiger charge is -2.05. The summed E-state index contributed by atoms with van der Waals surface area (Å²) in [4.78, 5) is 10.8. The van der Waals surface area contributed by atoms with Crippen molar-refractivity contribution < 1.29 is 4.79 Å². The maximum Gasteiger partial charge on any atom is 0.244 e. The lowest BCUT2D eigenvalue weighted by molar-refractivity contribution is -0.115. The Morgan fingerprint density at radius 3 is 2.36 bits per heavy atom. The van der Waals surface area contributed by atoms with Crippen molar-refractivity contribution in [3.8, 4) is 0 Å². The van der Waals surface area contributed by atoms with Crippen molar-refractivity contribution in [2.45, 2.75) is 33.6 Å². The zero-order chi connectivity index (χ0) is 8.85. The molecule has 0 aliphatic heterocycles. The van der Waals surface area contributed by atoms with Gasteiger partial charge in [0.15, 0.2) is 0 Å². The average molecular weight is 155 g/mol. The smallest absolute Gasteiger partial charge is 0.244 e. The van der Waals surface area contributed by atoms with Crippen molar-refractivity contribution in [1.29, 1.82) is 0 Å². The van der Waals surface area contributed by atoms with E-state index in [-0.39, 0.29) is 11.8 Å². The Kier molecular flexibility index (Phi) is 4.59. The lowest BCUT2D eigenvalue weighted by Crippen LogP contribution is -2.17. The van der Waals surface area contributed by atoms with E-state index in [1.807, 2.05) is 19.9 Å². The fourth-order valence-corrected chi connectivity index (χ4v) is 0.921. The molecule has 0 aromatic heterocycles. The van der Waals surface area contributed by atoms with Gasteiger partial charge in [0.05, 0.1) is 0 Å². The molecule has 0 saturated heterocycles. The molecule has 0 rings (SSSR count). The summed E-state index contributed by atoms with van der Waals surface area (Å²) in [7, 11) is 0. The molecule has 0 aliphatic carbocycles. The SMILES string of the molecule is CCC/C=C(\C(N)=O)C(C)C. The molecule has 0 unspecified atom stereocenters. The van der Waals surface area contributed by atoms with E-state index in [9.17, 15) is 4.79 Å². The van der Waals surface area contributed by atoms with Gasteiger partial charge in [-0.05, 0) is 12.3 Å². The van der Waals surface area contributed by atoms with Crippen LogP contribution in [0, 0.1) is 5.92 Å². The Balaban J connectivity index is 4.21. The number of unbranched alkanes of at least 4 members (excludes halogenated alkanes) is 1. The molecule has 0 atom stereocenters. The molecule has 0 aliphatic rings. The normalized spacial score (nSPS) is 12.2. The van der Waals surface area contributed by atoms with Gasteiger partial charge in [-0.3, -0.25) is 4.79 Å². The predicted octanol–water partition coefficient (Wildman–Crippen LogP) is 1.85. The number of hydrogen-bond donors (Lipinski definition) is 1. The number of carbonyl (C=O) groups is 1. The van der Waals surface area contributed by atoms with E-state index < -0.39 is 0 Å². The first-order chi connectivity index (χ1) is 5.09. The van der Waals surface area contributed by atoms with Gasteiger partial charge in [0.2, 0.25) is 5.91 Å². The van der Waals surface area contributed by atoms with Gasteiger partial charge in [-0.2, -0.15) is 0 Å². The molecule has 2 nitrogen and oxygen atoms in total. The number of nitrogens with two attached hydrogens (primary N) is 1. The van der Waals surface area contributed by atoms with Crippen molar-refractivity contribution in [3.63, 3.8) is 0 Å². The Labute approximate surface area is 68.5 Å². The molecule has 64 valence electrons. The Morgan fingerprint density at radius 1 is 1.55 bits per heavy atom. The van der Waals surface area contributed by atoms with E-state index in [4.69, 9.17) is 5.73 Å². The van der Waals surface area contributed by atoms with Gasteiger partial charge in [0, 0.05) is 5.57 Å². The fraction of sp³-hybridized carbons (Fsp3) is 0.667. The number of carbonyl (C=O) groups excluding carboxylic acids is 1. The molecule has 0 aromatic rings. The number of primary amides is 1. The average Bonchev–Trinajstić information content (AvgIpc) is 1.87. The van der Waals surface area contributed by atoms with E-state index in [1.165, 1.54) is 0 Å². The van der Waals surface area contributed by atoms with Crippen LogP contribution in [0.1, 0.15) is 33.6 Å². The number of rotatable bonds is 4. The summed E-state index contributed by atoms with van der Waals surface area (Å²) < 4.78 is 0. The highest BCUT2D eigenvalue weighted by atomic mass is 16.1. The summed E-state index contributed by atoms with van der Waals surface area (Å²) in [5, 5.41) is 0. The van der Waals surface area contributed by atoms with Crippen LogP contribution in [0.2, 0.25) is 0 Å². The molecule has 0 aromatic carbocycles. The van der Waals surface area contributed by atoms with E-state index in [0.717, 1.165) is 18.4 Å². The Hall–Kier alpha value is -0.790. The van der Waals surface area contributed by atoms with Gasteiger partial charge in [-0.15, -0.1) is 0 Å². The molecule has 11 heavy (non-hydrogen) atoms. The van der Waals surface area contributed by atoms with Gasteiger partial charge < -0.3 is 5.73 Å². The van der Waals surface area contributed by atoms with Crippen LogP contribution >= 0.6 is 0 Å². The van der Waals surface area contributed by atoms with E-state index in [2.05, 4.69) is 6.92 Å². The predicted molar refractivity (Wildman–Crippen MR) is 47.0 cm³/mol. The van der Waals surface area contributed by atoms with Crippen molar-refractivity contribution >= 4 is 5.91 Å². The molecule has 1 amide bonds. The zero-order valence-electron chi connectivity index (χ0n) is 7.55. The molecule has 0 saturated carbocycles. The van der Waals surface area contributed by atoms with Crippen molar-refractivity contribution in [2.75, 3.05) is 0 Å². The molecule has 0 fully saturated rings. The molecule has 0 heterocycles. The monoisotopic (exact) mass is 155 g/mol. The van der Waals surface area contributed by atoms with Crippen molar-refractivity contribution in [1.82, 2.24) is 0 Å². The second-order valence-corrected chi connectivity index (χ2v) is 2.97. The fourth-order valence-electron chi connectivity index (χ4n) is 0.921. The van der Waals surface area contributed by atoms with Crippen LogP contribution in [-0.2, 0) is 4.79 Å². The standard InChI is InChI=1S/C9H17NO/c1-4-5-6-8(7(2)3)9(10)11/h6-7H,4-5H2,1-3H3,(H2,10,11)/b8-6-. The van der Waals surface area contributed by atoms with Crippen LogP contribution in [0.15, 0.2) is 11.6 Å². The van der Waals surface area contributed by atoms with Gasteiger partial charge in [0.25, 0.3) is 0 Å². The molecular weight excluding hydrogens is 138 g/mol. The minimum atomic E-state index is -0.284. The third-order valence-electron chi connectivity index (χ3n) is 1.56. The largest absolute Gasteiger partial charge is 0.366 e. The summed E-state index contributed by atoms with van der Waals surface area (Å²) >= 11 is 0. The quantitative estimate of drug-likeness (QED) is 0.618. The third kappa shape index (κ3) is 3.81. The highest BCUT2D eigenvalue weighted by Crippen LogP contribution is 2.09. The van der Waals surface area contributed by atoms with Crippen LogP contribution in [0.3, 0.4) is 0 Å². The highest BCUT2D eigenvalue weighted by Gasteiger charge is 2.07. The van der Waals surface area contributed by atoms with Crippen molar-refractivity contribution in [2.24, 2.45) is 11.7 Å². The Morgan fingerprint density at radius 2 is 2.09 bits per heavy atom. The molecular formula is C9H17NO. The first kappa shape index (κ1) is 10.2. The van der Waals surface area contributed by atoms with E-state index in [1.54, 1.807) is 0 Å². The maximum absolute atomic E-state index is 10.8. The van der Waals surface area contributed by atoms with Gasteiger partial charge in [-0.25, -0.2) is 0 Å². The molecule has 0 spiro atoms. The number of hydrogen-bond acceptors (Lipinski definition) is 1. The maximum atomic E-state index is 10.8. The van der Waals surface area contributed by atoms with Crippen molar-refractivity contribution in [3.05, 3.63) is 11.6 Å². The van der Waals surface area contributed by atoms with Crippen LogP contribution in [0.5, 0.6) is 0 Å². The first-order valence-electron chi connectivity index (χ1n) is 4.09. The van der Waals surface area contributed by atoms with Crippen LogP contribution in [0.25, 0.3) is 0 Å². The topological polar surface area (TPSA) is 43.1 Å². The third-order valence-corrected chi connectivity index (χ3v) is 1.56. The summed E-state index contributed by atoms with van der Waals surface area (Å²) in [5.74, 6) is -0.0347. The zero-order valence-corrected chi connectivity index (χ0v) is 7.55. The summed E-state index contributed by atoms with van der Waals surface area (Å²) in [6.07, 6.45) is 3.94. The second-order valence-electron chi connectivity index (χ2n) is 2.97. The highest BCUT2D eigenvalue weighted by molar-refractivity contribution is 5.92. The molecule has 2 heteroatoms. The number of allylic oxidation sites excluding steroid dienone is 1. The summed E-state index contributed by atoms with van der Waals surface area (Å²) in [5.41, 5.74) is 5.93. The Bertz CT molecular complexity index is 159.